The van der Waals surface area contributed by atoms with E-state index in [0.29, 0.717) is 24.5 Å². The van der Waals surface area contributed by atoms with Crippen LogP contribution in [-0.2, 0) is 19.7 Å². The number of ketones is 1. The molecule has 33 heavy (non-hydrogen) atoms. The molecule has 2 saturated heterocycles. The van der Waals surface area contributed by atoms with Crippen LogP contribution in [-0.4, -0.2) is 48.1 Å². The summed E-state index contributed by atoms with van der Waals surface area (Å²) in [5.41, 5.74) is 2.28. The van der Waals surface area contributed by atoms with Gasteiger partial charge in [-0.2, -0.15) is 0 Å². The van der Waals surface area contributed by atoms with Crippen LogP contribution in [0.2, 0.25) is 0 Å². The van der Waals surface area contributed by atoms with Crippen LogP contribution in [0, 0.1) is 6.92 Å². The number of ether oxygens (including phenoxy) is 2. The number of aliphatic hydroxyl groups excluding tert-OH is 1. The standard InChI is InChI=1S/C26H31NO5S/c1-15-10-12-33-24(15)21-20(23(29)25(30)27(21)14-17-7-6-11-32-17)22(28)16-8-9-19(31-5)18(13-16)26(2,3)4/h8-10,12-13,17,21,28H,6-7,11,14H2,1-5H3/b22-20-. The zero-order chi connectivity index (χ0) is 23.9. The topological polar surface area (TPSA) is 76.1 Å². The number of aryl methyl sites for hydroxylation is 1. The van der Waals surface area contributed by atoms with E-state index in [1.807, 2.05) is 24.4 Å². The zero-order valence-corrected chi connectivity index (χ0v) is 20.6. The molecule has 2 atom stereocenters. The number of amides is 1. The molecule has 1 N–H and O–H groups in total. The second-order valence-corrected chi connectivity index (χ2v) is 10.7. The Kier molecular flexibility index (Phi) is 6.38. The lowest BCUT2D eigenvalue weighted by Gasteiger charge is -2.27. The van der Waals surface area contributed by atoms with Gasteiger partial charge in [0.1, 0.15) is 11.5 Å². The predicted octanol–water partition coefficient (Wildman–Crippen LogP) is 4.96. The van der Waals surface area contributed by atoms with E-state index in [1.165, 1.54) is 11.3 Å². The number of carbonyl (C=O) groups excluding carboxylic acids is 2. The van der Waals surface area contributed by atoms with Crippen molar-refractivity contribution in [3.63, 3.8) is 0 Å². The van der Waals surface area contributed by atoms with E-state index in [1.54, 1.807) is 24.1 Å². The van der Waals surface area contributed by atoms with Crippen molar-refractivity contribution in [2.24, 2.45) is 0 Å². The summed E-state index contributed by atoms with van der Waals surface area (Å²) in [6.07, 6.45) is 1.70. The van der Waals surface area contributed by atoms with Gasteiger partial charge in [-0.05, 0) is 60.4 Å². The van der Waals surface area contributed by atoms with Crippen LogP contribution >= 0.6 is 11.3 Å². The van der Waals surface area contributed by atoms with Crippen LogP contribution in [0.5, 0.6) is 5.75 Å². The summed E-state index contributed by atoms with van der Waals surface area (Å²) in [4.78, 5) is 28.9. The first kappa shape index (κ1) is 23.5. The van der Waals surface area contributed by atoms with Crippen LogP contribution < -0.4 is 4.74 Å². The summed E-state index contributed by atoms with van der Waals surface area (Å²) < 4.78 is 11.3. The first-order chi connectivity index (χ1) is 15.6. The van der Waals surface area contributed by atoms with Crippen molar-refractivity contribution < 1.29 is 24.2 Å². The zero-order valence-electron chi connectivity index (χ0n) is 19.8. The van der Waals surface area contributed by atoms with Gasteiger partial charge in [-0.3, -0.25) is 9.59 Å². The smallest absolute Gasteiger partial charge is 0.295 e. The molecule has 2 aliphatic heterocycles. The van der Waals surface area contributed by atoms with Gasteiger partial charge in [0.05, 0.1) is 24.8 Å². The average molecular weight is 470 g/mol. The summed E-state index contributed by atoms with van der Waals surface area (Å²) in [5.74, 6) is -0.691. The molecule has 1 amide bonds. The van der Waals surface area contributed by atoms with Crippen LogP contribution in [0.25, 0.3) is 5.76 Å². The van der Waals surface area contributed by atoms with Crippen molar-refractivity contribution in [3.05, 3.63) is 56.8 Å². The van der Waals surface area contributed by atoms with Crippen molar-refractivity contribution in [1.29, 1.82) is 0 Å². The molecule has 2 fully saturated rings. The third-order valence-electron chi connectivity index (χ3n) is 6.40. The maximum absolute atomic E-state index is 13.3. The van der Waals surface area contributed by atoms with Gasteiger partial charge in [0, 0.05) is 29.2 Å². The first-order valence-electron chi connectivity index (χ1n) is 11.3. The van der Waals surface area contributed by atoms with Gasteiger partial charge >= 0.3 is 0 Å². The molecule has 3 heterocycles. The van der Waals surface area contributed by atoms with Crippen LogP contribution in [0.1, 0.15) is 61.2 Å². The molecule has 0 spiro atoms. The molecule has 176 valence electrons. The lowest BCUT2D eigenvalue weighted by atomic mass is 9.84. The van der Waals surface area contributed by atoms with E-state index in [-0.39, 0.29) is 22.9 Å². The fourth-order valence-electron chi connectivity index (χ4n) is 4.61. The maximum atomic E-state index is 13.3. The van der Waals surface area contributed by atoms with Gasteiger partial charge in [-0.25, -0.2) is 0 Å². The van der Waals surface area contributed by atoms with Crippen LogP contribution in [0.4, 0.5) is 0 Å². The van der Waals surface area contributed by atoms with Crippen LogP contribution in [0.3, 0.4) is 0 Å². The molecular formula is C26H31NO5S. The van der Waals surface area contributed by atoms with E-state index in [4.69, 9.17) is 9.47 Å². The number of thiophene rings is 1. The largest absolute Gasteiger partial charge is 0.507 e. The third-order valence-corrected chi connectivity index (χ3v) is 7.47. The van der Waals surface area contributed by atoms with Crippen molar-refractivity contribution >= 4 is 28.8 Å². The molecule has 2 aliphatic rings. The van der Waals surface area contributed by atoms with Gasteiger partial charge in [0.25, 0.3) is 11.7 Å². The Morgan fingerprint density at radius 1 is 1.27 bits per heavy atom. The Labute approximate surface area is 198 Å². The van der Waals surface area contributed by atoms with E-state index >= 15 is 0 Å². The first-order valence-corrected chi connectivity index (χ1v) is 12.1. The number of rotatable bonds is 5. The number of aliphatic hydroxyl groups is 1. The van der Waals surface area contributed by atoms with Crippen molar-refractivity contribution in [3.8, 4) is 5.75 Å². The van der Waals surface area contributed by atoms with Gasteiger partial charge in [0.15, 0.2) is 0 Å². The van der Waals surface area contributed by atoms with Gasteiger partial charge < -0.3 is 19.5 Å². The number of benzene rings is 1. The summed E-state index contributed by atoms with van der Waals surface area (Å²) >= 11 is 1.49. The minimum Gasteiger partial charge on any atom is -0.507 e. The van der Waals surface area contributed by atoms with Gasteiger partial charge in [-0.15, -0.1) is 11.3 Å². The van der Waals surface area contributed by atoms with Crippen LogP contribution in [0.15, 0.2) is 35.2 Å². The third kappa shape index (κ3) is 4.32. The molecule has 2 unspecified atom stereocenters. The Hall–Kier alpha value is -2.64. The molecule has 2 aromatic rings. The summed E-state index contributed by atoms with van der Waals surface area (Å²) in [6, 6.07) is 6.71. The maximum Gasteiger partial charge on any atom is 0.295 e. The summed E-state index contributed by atoms with van der Waals surface area (Å²) in [7, 11) is 1.61. The normalized spacial score (nSPS) is 22.9. The van der Waals surface area contributed by atoms with E-state index in [2.05, 4.69) is 20.8 Å². The van der Waals surface area contributed by atoms with E-state index in [9.17, 15) is 14.7 Å². The van der Waals surface area contributed by atoms with Gasteiger partial charge in [0.2, 0.25) is 0 Å². The van der Waals surface area contributed by atoms with Crippen molar-refractivity contribution in [1.82, 2.24) is 4.90 Å². The molecule has 6 nitrogen and oxygen atoms in total. The summed E-state index contributed by atoms with van der Waals surface area (Å²) in [6.45, 7) is 9.14. The lowest BCUT2D eigenvalue weighted by Crippen LogP contribution is -2.36. The number of carbonyl (C=O) groups is 2. The number of hydrogen-bond donors (Lipinski definition) is 1. The molecule has 7 heteroatoms. The second-order valence-electron chi connectivity index (χ2n) is 9.72. The molecule has 0 bridgehead atoms. The number of nitrogens with zero attached hydrogens (tertiary/aromatic N) is 1. The quantitative estimate of drug-likeness (QED) is 0.380. The molecule has 0 aliphatic carbocycles. The van der Waals surface area contributed by atoms with Crippen molar-refractivity contribution in [2.75, 3.05) is 20.3 Å². The summed E-state index contributed by atoms with van der Waals surface area (Å²) in [5, 5.41) is 13.4. The fourth-order valence-corrected chi connectivity index (χ4v) is 5.66. The lowest BCUT2D eigenvalue weighted by molar-refractivity contribution is -0.140. The Morgan fingerprint density at radius 2 is 2.03 bits per heavy atom. The molecule has 0 radical (unpaired) electrons. The second kappa shape index (κ2) is 8.95. The highest BCUT2D eigenvalue weighted by molar-refractivity contribution is 7.10. The average Bonchev–Trinajstić information content (AvgIpc) is 3.49. The minimum absolute atomic E-state index is 0.0977. The van der Waals surface area contributed by atoms with Crippen molar-refractivity contribution in [2.45, 2.75) is 58.1 Å². The number of likely N-dealkylation sites (tertiary alicyclic amines) is 1. The highest BCUT2D eigenvalue weighted by Gasteiger charge is 2.48. The highest BCUT2D eigenvalue weighted by Crippen LogP contribution is 2.44. The number of Topliss-reactive ketones (excluding diaryl/α,β-unsaturated/α-hetero) is 1. The molecular weight excluding hydrogens is 438 g/mol. The van der Waals surface area contributed by atoms with Gasteiger partial charge in [-0.1, -0.05) is 20.8 Å². The fraction of sp³-hybridized carbons (Fsp3) is 0.462. The number of hydrogen-bond acceptors (Lipinski definition) is 6. The highest BCUT2D eigenvalue weighted by atomic mass is 32.1. The van der Waals surface area contributed by atoms with E-state index in [0.717, 1.165) is 28.8 Å². The number of methoxy groups -OCH3 is 1. The monoisotopic (exact) mass is 469 g/mol. The molecule has 1 aromatic carbocycles. The van der Waals surface area contributed by atoms with E-state index < -0.39 is 17.7 Å². The Balaban J connectivity index is 1.85. The molecule has 0 saturated carbocycles. The minimum atomic E-state index is -0.656. The Morgan fingerprint density at radius 3 is 2.61 bits per heavy atom. The molecule has 4 rings (SSSR count). The SMILES string of the molecule is COc1ccc(/C(O)=C2/C(=O)C(=O)N(CC3CCCO3)C2c2sccc2C)cc1C(C)(C)C. The molecule has 1 aromatic heterocycles. The predicted molar refractivity (Wildman–Crippen MR) is 129 cm³/mol. The Bertz CT molecular complexity index is 1100.